The molecule has 0 saturated carbocycles. The maximum atomic E-state index is 11.9. The van der Waals surface area contributed by atoms with Crippen molar-refractivity contribution in [2.24, 2.45) is 11.8 Å². The summed E-state index contributed by atoms with van der Waals surface area (Å²) in [6.45, 7) is 6.64. The molecule has 7 nitrogen and oxygen atoms in total. The molecule has 138 valence electrons. The Balaban J connectivity index is 1.50. The minimum atomic E-state index is -2.01. The van der Waals surface area contributed by atoms with Crippen LogP contribution in [-0.4, -0.2) is 64.7 Å². The Morgan fingerprint density at radius 1 is 1.20 bits per heavy atom. The molecule has 1 aromatic rings. The fraction of sp³-hybridized carbons (Fsp3) is 0.588. The molecule has 1 aromatic carbocycles. The molecule has 25 heavy (non-hydrogen) atoms. The Morgan fingerprint density at radius 3 is 2.40 bits per heavy atom. The van der Waals surface area contributed by atoms with E-state index < -0.39 is 11.1 Å². The molecule has 2 N–H and O–H groups in total. The van der Waals surface area contributed by atoms with Crippen molar-refractivity contribution >= 4 is 28.5 Å². The second-order valence-electron chi connectivity index (χ2n) is 6.65. The van der Waals surface area contributed by atoms with Crippen LogP contribution in [0.1, 0.15) is 6.92 Å². The lowest BCUT2D eigenvalue weighted by molar-refractivity contribution is 0.206. The molecule has 0 aromatic heterocycles. The number of carbonyl (C=O) groups excluding carboxylic acids is 1. The van der Waals surface area contributed by atoms with Crippen LogP contribution in [0.3, 0.4) is 0 Å². The Bertz CT molecular complexity index is 611. The first-order valence-corrected chi connectivity index (χ1v) is 9.98. The van der Waals surface area contributed by atoms with E-state index >= 15 is 0 Å². The number of likely N-dealkylation sites (tertiary alicyclic amines) is 1. The van der Waals surface area contributed by atoms with E-state index in [1.165, 1.54) is 5.69 Å². The third kappa shape index (κ3) is 4.43. The summed E-state index contributed by atoms with van der Waals surface area (Å²) in [7, 11) is 0. The highest BCUT2D eigenvalue weighted by molar-refractivity contribution is 7.79. The molecule has 0 bridgehead atoms. The Morgan fingerprint density at radius 2 is 1.84 bits per heavy atom. The lowest BCUT2D eigenvalue weighted by atomic mass is 10.0. The maximum absolute atomic E-state index is 11.9. The number of hydrogen-bond acceptors (Lipinski definition) is 5. The van der Waals surface area contributed by atoms with Gasteiger partial charge in [0.1, 0.15) is 0 Å². The highest BCUT2D eigenvalue weighted by Gasteiger charge is 2.41. The van der Waals surface area contributed by atoms with Gasteiger partial charge in [-0.15, -0.1) is 0 Å². The molecule has 0 aliphatic carbocycles. The minimum absolute atomic E-state index is 0.0536. The van der Waals surface area contributed by atoms with Gasteiger partial charge < -0.3 is 25.0 Å². The van der Waals surface area contributed by atoms with Crippen LogP contribution in [0.4, 0.5) is 16.2 Å². The summed E-state index contributed by atoms with van der Waals surface area (Å²) in [4.78, 5) is 16.3. The van der Waals surface area contributed by atoms with E-state index in [0.717, 1.165) is 31.9 Å². The van der Waals surface area contributed by atoms with E-state index in [4.69, 9.17) is 0 Å². The van der Waals surface area contributed by atoms with Gasteiger partial charge in [0.15, 0.2) is 0 Å². The summed E-state index contributed by atoms with van der Waals surface area (Å²) in [5, 5.41) is 5.98. The molecular weight excluding hydrogens is 340 g/mol. The van der Waals surface area contributed by atoms with Gasteiger partial charge in [-0.3, -0.25) is 4.21 Å². The number of anilines is 2. The number of rotatable bonds is 6. The zero-order chi connectivity index (χ0) is 17.8. The highest BCUT2D eigenvalue weighted by Crippen LogP contribution is 2.34. The Labute approximate surface area is 151 Å². The van der Waals surface area contributed by atoms with Gasteiger partial charge in [-0.2, -0.15) is 0 Å². The van der Waals surface area contributed by atoms with Gasteiger partial charge in [-0.1, -0.05) is 11.1 Å². The maximum Gasteiger partial charge on any atom is 0.317 e. The average molecular weight is 365 g/mol. The topological polar surface area (TPSA) is 87.7 Å². The van der Waals surface area contributed by atoms with Crippen molar-refractivity contribution in [1.82, 2.24) is 10.2 Å². The molecule has 2 fully saturated rings. The average Bonchev–Trinajstić information content (AvgIpc) is 3.14. The summed E-state index contributed by atoms with van der Waals surface area (Å²) < 4.78 is 21.1. The molecule has 2 aliphatic heterocycles. The first kappa shape index (κ1) is 18.0. The number of fused-ring (bicyclic) bond motifs is 1. The summed E-state index contributed by atoms with van der Waals surface area (Å²) >= 11 is -2.01. The zero-order valence-electron chi connectivity index (χ0n) is 14.4. The predicted octanol–water partition coefficient (Wildman–Crippen LogP) is 1.08. The van der Waals surface area contributed by atoms with E-state index in [9.17, 15) is 13.6 Å². The van der Waals surface area contributed by atoms with Crippen molar-refractivity contribution in [1.29, 1.82) is 0 Å². The van der Waals surface area contributed by atoms with Crippen molar-refractivity contribution in [3.05, 3.63) is 24.3 Å². The predicted molar refractivity (Wildman–Crippen MR) is 98.6 cm³/mol. The van der Waals surface area contributed by atoms with Crippen LogP contribution in [0.15, 0.2) is 24.3 Å². The molecule has 0 radical (unpaired) electrons. The standard InChI is InChI=1S/C17H26N4O3S/c1-2-18-17(22)21-11-13-9-20(10-14(13)12-21)16-5-3-15(4-6-16)19-7-8-25(23)24/h3-6,13-14,19H,2,7-12H2,1H3,(H,18,22)(H,23,24)/p-1/t13-,14+. The number of amides is 2. The quantitative estimate of drug-likeness (QED) is 0.737. The summed E-state index contributed by atoms with van der Waals surface area (Å²) in [5.41, 5.74) is 2.10. The molecule has 3 atom stereocenters. The van der Waals surface area contributed by atoms with Crippen LogP contribution in [0.25, 0.3) is 0 Å². The van der Waals surface area contributed by atoms with Gasteiger partial charge in [-0.05, 0) is 31.2 Å². The van der Waals surface area contributed by atoms with Crippen molar-refractivity contribution in [2.75, 3.05) is 55.2 Å². The molecule has 2 saturated heterocycles. The van der Waals surface area contributed by atoms with Crippen molar-refractivity contribution < 1.29 is 13.6 Å². The largest absolute Gasteiger partial charge is 0.772 e. The molecular formula is C17H25N4O3S-. The molecule has 8 heteroatoms. The number of carbonyl (C=O) groups is 1. The van der Waals surface area contributed by atoms with E-state index in [-0.39, 0.29) is 11.8 Å². The third-order valence-corrected chi connectivity index (χ3v) is 5.47. The van der Waals surface area contributed by atoms with Crippen molar-refractivity contribution in [3.8, 4) is 0 Å². The summed E-state index contributed by atoms with van der Waals surface area (Å²) in [6, 6.07) is 8.16. The third-order valence-electron chi connectivity index (χ3n) is 4.93. The van der Waals surface area contributed by atoms with Gasteiger partial charge in [-0.25, -0.2) is 4.79 Å². The number of urea groups is 1. The monoisotopic (exact) mass is 365 g/mol. The fourth-order valence-electron chi connectivity index (χ4n) is 3.70. The van der Waals surface area contributed by atoms with Crippen LogP contribution in [0.2, 0.25) is 0 Å². The van der Waals surface area contributed by atoms with Crippen LogP contribution >= 0.6 is 0 Å². The smallest absolute Gasteiger partial charge is 0.317 e. The van der Waals surface area contributed by atoms with Crippen molar-refractivity contribution in [2.45, 2.75) is 6.92 Å². The first-order chi connectivity index (χ1) is 12.1. The molecule has 1 unspecified atom stereocenters. The van der Waals surface area contributed by atoms with Gasteiger partial charge in [0.25, 0.3) is 0 Å². The van der Waals surface area contributed by atoms with Gasteiger partial charge >= 0.3 is 6.03 Å². The minimum Gasteiger partial charge on any atom is -0.772 e. The van der Waals surface area contributed by atoms with Gasteiger partial charge in [0.05, 0.1) is 0 Å². The normalized spacial score (nSPS) is 23.4. The number of nitrogens with zero attached hydrogens (tertiary/aromatic N) is 2. The lowest BCUT2D eigenvalue weighted by Gasteiger charge is -2.23. The number of nitrogens with one attached hydrogen (secondary N) is 2. The summed E-state index contributed by atoms with van der Waals surface area (Å²) in [6.07, 6.45) is 0. The van der Waals surface area contributed by atoms with Crippen LogP contribution < -0.4 is 15.5 Å². The molecule has 3 rings (SSSR count). The highest BCUT2D eigenvalue weighted by atomic mass is 32.2. The van der Waals surface area contributed by atoms with Gasteiger partial charge in [0, 0.05) is 68.2 Å². The lowest BCUT2D eigenvalue weighted by Crippen LogP contribution is -2.40. The SMILES string of the molecule is CCNC(=O)N1C[C@@H]2CN(c3ccc(NCCS(=O)[O-])cc3)C[C@@H]2C1. The summed E-state index contributed by atoms with van der Waals surface area (Å²) in [5.74, 6) is 1.18. The van der Waals surface area contributed by atoms with Crippen LogP contribution in [0.5, 0.6) is 0 Å². The molecule has 2 aliphatic rings. The first-order valence-electron chi connectivity index (χ1n) is 8.74. The van der Waals surface area contributed by atoms with Crippen LogP contribution in [-0.2, 0) is 11.1 Å². The zero-order valence-corrected chi connectivity index (χ0v) is 15.3. The number of benzene rings is 1. The molecule has 2 amide bonds. The van der Waals surface area contributed by atoms with Crippen molar-refractivity contribution in [3.63, 3.8) is 0 Å². The van der Waals surface area contributed by atoms with E-state index in [1.807, 2.05) is 24.0 Å². The second kappa shape index (κ2) is 8.05. The number of hydrogen-bond donors (Lipinski definition) is 2. The Kier molecular flexibility index (Phi) is 5.80. The molecule has 0 spiro atoms. The van der Waals surface area contributed by atoms with E-state index in [2.05, 4.69) is 27.7 Å². The van der Waals surface area contributed by atoms with E-state index in [1.54, 1.807) is 0 Å². The fourth-order valence-corrected chi connectivity index (χ4v) is 3.97. The molecule has 2 heterocycles. The Hall–Kier alpha value is -1.80. The van der Waals surface area contributed by atoms with E-state index in [0.29, 0.717) is 24.9 Å². The van der Waals surface area contributed by atoms with Crippen LogP contribution in [0, 0.1) is 11.8 Å². The second-order valence-corrected chi connectivity index (χ2v) is 7.66. The van der Waals surface area contributed by atoms with Gasteiger partial charge in [0.2, 0.25) is 0 Å².